The second kappa shape index (κ2) is 9.41. The molecular weight excluding hydrogens is 410 g/mol. The predicted octanol–water partition coefficient (Wildman–Crippen LogP) is 2.76. The first-order chi connectivity index (χ1) is 13.5. The van der Waals surface area contributed by atoms with Crippen molar-refractivity contribution in [2.24, 2.45) is 0 Å². The average molecular weight is 428 g/mol. The summed E-state index contributed by atoms with van der Waals surface area (Å²) in [5.74, 6) is -1.21. The molecule has 1 atom stereocenters. The maximum absolute atomic E-state index is 13.8. The third kappa shape index (κ3) is 5.04. The molecule has 11 heteroatoms. The number of H-pyrrole nitrogens is 1. The van der Waals surface area contributed by atoms with Crippen LogP contribution in [0.1, 0.15) is 12.5 Å². The molecule has 0 unspecified atom stereocenters. The number of aromatic amines is 1. The molecule has 28 heavy (non-hydrogen) atoms. The molecule has 0 radical (unpaired) electrons. The summed E-state index contributed by atoms with van der Waals surface area (Å²) in [5.41, 5.74) is 0.575. The molecule has 0 fully saturated rings. The van der Waals surface area contributed by atoms with E-state index in [9.17, 15) is 13.6 Å². The first-order valence-corrected chi connectivity index (χ1v) is 10.2. The third-order valence-electron chi connectivity index (χ3n) is 3.64. The van der Waals surface area contributed by atoms with E-state index in [2.05, 4.69) is 20.3 Å². The van der Waals surface area contributed by atoms with Gasteiger partial charge in [0, 0.05) is 17.4 Å². The molecular formula is C17H18F2N4O3S2. The van der Waals surface area contributed by atoms with E-state index in [1.54, 1.807) is 0 Å². The van der Waals surface area contributed by atoms with Gasteiger partial charge in [-0.15, -0.1) is 0 Å². The number of anilines is 1. The van der Waals surface area contributed by atoms with Crippen molar-refractivity contribution in [2.75, 3.05) is 25.1 Å². The molecule has 1 aromatic carbocycles. The fraction of sp³-hybridized carbons (Fsp3) is 0.353. The number of nitrogens with zero attached hydrogens (tertiary/aromatic N) is 2. The number of benzene rings is 1. The van der Waals surface area contributed by atoms with Gasteiger partial charge in [0.1, 0.15) is 4.70 Å². The molecule has 0 saturated carbocycles. The molecule has 0 amide bonds. The summed E-state index contributed by atoms with van der Waals surface area (Å²) in [7, 11) is 0. The van der Waals surface area contributed by atoms with Crippen LogP contribution in [0.5, 0.6) is 0 Å². The number of fused-ring (bicyclic) bond motifs is 1. The summed E-state index contributed by atoms with van der Waals surface area (Å²) in [6.45, 7) is 2.36. The van der Waals surface area contributed by atoms with Gasteiger partial charge >= 0.3 is 4.87 Å². The van der Waals surface area contributed by atoms with Crippen molar-refractivity contribution in [3.05, 3.63) is 45.1 Å². The summed E-state index contributed by atoms with van der Waals surface area (Å²) >= 11 is 2.11. The van der Waals surface area contributed by atoms with Crippen molar-refractivity contribution in [2.45, 2.75) is 23.9 Å². The maximum Gasteiger partial charge on any atom is 0.306 e. The van der Waals surface area contributed by atoms with Gasteiger partial charge in [-0.2, -0.15) is 0 Å². The largest absolute Gasteiger partial charge is 0.394 e. The minimum Gasteiger partial charge on any atom is -0.394 e. The molecule has 150 valence electrons. The maximum atomic E-state index is 13.8. The number of halogens is 2. The van der Waals surface area contributed by atoms with Gasteiger partial charge in [0.25, 0.3) is 0 Å². The van der Waals surface area contributed by atoms with Crippen molar-refractivity contribution in [3.63, 3.8) is 0 Å². The van der Waals surface area contributed by atoms with Crippen molar-refractivity contribution >= 4 is 39.3 Å². The number of aliphatic hydroxyl groups is 1. The number of ether oxygens (including phenoxy) is 1. The Labute approximate surface area is 167 Å². The van der Waals surface area contributed by atoms with Gasteiger partial charge in [0.2, 0.25) is 0 Å². The summed E-state index contributed by atoms with van der Waals surface area (Å²) in [5, 5.41) is 12.3. The van der Waals surface area contributed by atoms with Crippen LogP contribution in [0.3, 0.4) is 0 Å². The van der Waals surface area contributed by atoms with E-state index in [-0.39, 0.29) is 35.4 Å². The number of thiazole rings is 1. The van der Waals surface area contributed by atoms with Crippen molar-refractivity contribution < 1.29 is 18.6 Å². The Hall–Kier alpha value is -2.08. The van der Waals surface area contributed by atoms with Crippen molar-refractivity contribution in [3.8, 4) is 0 Å². The van der Waals surface area contributed by atoms with Crippen LogP contribution in [0.4, 0.5) is 14.6 Å². The highest BCUT2D eigenvalue weighted by Gasteiger charge is 2.15. The number of hydrogen-bond donors (Lipinski definition) is 3. The zero-order valence-electron chi connectivity index (χ0n) is 14.9. The first-order valence-electron chi connectivity index (χ1n) is 8.39. The van der Waals surface area contributed by atoms with Gasteiger partial charge in [-0.3, -0.25) is 9.78 Å². The number of hydrogen-bond acceptors (Lipinski definition) is 8. The highest BCUT2D eigenvalue weighted by atomic mass is 32.2. The van der Waals surface area contributed by atoms with Gasteiger partial charge in [-0.05, 0) is 13.0 Å². The molecule has 0 aliphatic carbocycles. The number of rotatable bonds is 9. The Bertz CT molecular complexity index is 1010. The Morgan fingerprint density at radius 3 is 3.00 bits per heavy atom. The lowest BCUT2D eigenvalue weighted by atomic mass is 10.2. The number of nitrogens with one attached hydrogen (secondary N) is 2. The van der Waals surface area contributed by atoms with Crippen LogP contribution in [-0.4, -0.2) is 45.9 Å². The topological polar surface area (TPSA) is 100 Å². The van der Waals surface area contributed by atoms with Gasteiger partial charge in [-0.1, -0.05) is 35.2 Å². The first kappa shape index (κ1) is 20.6. The quantitative estimate of drug-likeness (QED) is 0.274. The van der Waals surface area contributed by atoms with E-state index in [0.717, 1.165) is 29.2 Å². The summed E-state index contributed by atoms with van der Waals surface area (Å²) in [6, 6.07) is 3.86. The third-order valence-corrected chi connectivity index (χ3v) is 5.41. The summed E-state index contributed by atoms with van der Waals surface area (Å²) in [4.78, 5) is 22.8. The summed E-state index contributed by atoms with van der Waals surface area (Å²) < 4.78 is 33.1. The van der Waals surface area contributed by atoms with Crippen LogP contribution in [0.2, 0.25) is 0 Å². The molecule has 0 spiro atoms. The Morgan fingerprint density at radius 2 is 2.21 bits per heavy atom. The lowest BCUT2D eigenvalue weighted by Crippen LogP contribution is -2.23. The minimum absolute atomic E-state index is 0.0681. The Kier molecular flexibility index (Phi) is 6.94. The van der Waals surface area contributed by atoms with Gasteiger partial charge in [0.15, 0.2) is 28.3 Å². The van der Waals surface area contributed by atoms with E-state index in [4.69, 9.17) is 9.84 Å². The molecule has 0 aliphatic rings. The fourth-order valence-electron chi connectivity index (χ4n) is 2.39. The van der Waals surface area contributed by atoms with E-state index in [1.165, 1.54) is 12.1 Å². The number of aliphatic hydroxyl groups excluding tert-OH is 1. The van der Waals surface area contributed by atoms with Crippen LogP contribution in [-0.2, 0) is 10.5 Å². The standard InChI is InChI=1S/C17H18F2N4O3S2/c1-9(7-26-6-5-24)20-14-13-15(23-17(25)28-13)22-16(21-14)27-8-10-3-2-4-11(18)12(10)19/h2-4,9,24H,5-8H2,1H3,(H2,20,21,22,23,25)/t9-/m1/s1. The van der Waals surface area contributed by atoms with Gasteiger partial charge < -0.3 is 15.2 Å². The SMILES string of the molecule is C[C@H](COCCO)Nc1nc(SCc2cccc(F)c2F)nc2[nH]c(=O)sc12. The van der Waals surface area contributed by atoms with Crippen molar-refractivity contribution in [1.29, 1.82) is 0 Å². The van der Waals surface area contributed by atoms with Crippen molar-refractivity contribution in [1.82, 2.24) is 15.0 Å². The normalized spacial score (nSPS) is 12.4. The van der Waals surface area contributed by atoms with Crippen LogP contribution in [0.15, 0.2) is 28.2 Å². The van der Waals surface area contributed by atoms with E-state index < -0.39 is 11.6 Å². The second-order valence-electron chi connectivity index (χ2n) is 5.89. The molecule has 2 aromatic heterocycles. The minimum atomic E-state index is -0.907. The average Bonchev–Trinajstić information content (AvgIpc) is 3.04. The lowest BCUT2D eigenvalue weighted by molar-refractivity contribution is 0.0884. The van der Waals surface area contributed by atoms with Gasteiger partial charge in [-0.25, -0.2) is 18.7 Å². The highest BCUT2D eigenvalue weighted by molar-refractivity contribution is 7.98. The van der Waals surface area contributed by atoms with Crippen LogP contribution < -0.4 is 10.2 Å². The number of thioether (sulfide) groups is 1. The molecule has 7 nitrogen and oxygen atoms in total. The van der Waals surface area contributed by atoms with E-state index in [0.29, 0.717) is 27.9 Å². The molecule has 3 N–H and O–H groups in total. The zero-order valence-corrected chi connectivity index (χ0v) is 16.5. The Morgan fingerprint density at radius 1 is 1.39 bits per heavy atom. The number of aromatic nitrogens is 3. The lowest BCUT2D eigenvalue weighted by Gasteiger charge is -2.15. The molecule has 0 saturated heterocycles. The monoisotopic (exact) mass is 428 g/mol. The second-order valence-corrected chi connectivity index (χ2v) is 7.82. The fourth-order valence-corrected chi connectivity index (χ4v) is 3.94. The van der Waals surface area contributed by atoms with Crippen LogP contribution in [0.25, 0.3) is 10.3 Å². The molecule has 0 bridgehead atoms. The molecule has 3 rings (SSSR count). The predicted molar refractivity (Wildman–Crippen MR) is 105 cm³/mol. The Balaban J connectivity index is 1.81. The van der Waals surface area contributed by atoms with E-state index >= 15 is 0 Å². The molecule has 3 aromatic rings. The van der Waals surface area contributed by atoms with Crippen LogP contribution in [0, 0.1) is 11.6 Å². The zero-order chi connectivity index (χ0) is 20.1. The smallest absolute Gasteiger partial charge is 0.306 e. The van der Waals surface area contributed by atoms with E-state index in [1.807, 2.05) is 6.92 Å². The highest BCUT2D eigenvalue weighted by Crippen LogP contribution is 2.28. The molecule has 0 aliphatic heterocycles. The summed E-state index contributed by atoms with van der Waals surface area (Å²) in [6.07, 6.45) is 0. The van der Waals surface area contributed by atoms with Crippen LogP contribution >= 0.6 is 23.1 Å². The van der Waals surface area contributed by atoms with Gasteiger partial charge in [0.05, 0.1) is 19.8 Å². The molecule has 2 heterocycles.